The number of carbonyl (C=O) groups excluding carboxylic acids is 2. The molecule has 0 aromatic rings. The molecule has 6 heteroatoms. The lowest BCUT2D eigenvalue weighted by atomic mass is 10.0. The fraction of sp³-hybridized carbons (Fsp3) is 0.765. The second kappa shape index (κ2) is 44.7. The Balaban J connectivity index is 4.67. The molecule has 3 N–H and O–H groups in total. The Morgan fingerprint density at radius 3 is 1.51 bits per heavy atom. The number of hydrogen-bond donors (Lipinski definition) is 3. The van der Waals surface area contributed by atoms with Crippen molar-refractivity contribution in [1.29, 1.82) is 0 Å². The number of aliphatic hydroxyl groups excluding tert-OH is 2. The number of ether oxygens (including phenoxy) is 1. The number of aliphatic hydroxyl groups is 2. The molecule has 0 heterocycles. The Bertz CT molecular complexity index is 1030. The lowest BCUT2D eigenvalue weighted by Crippen LogP contribution is -2.46. The minimum atomic E-state index is -0.795. The highest BCUT2D eigenvalue weighted by Gasteiger charge is 2.24. The van der Waals surface area contributed by atoms with E-state index in [0.717, 1.165) is 96.3 Å². The molecule has 1 amide bonds. The van der Waals surface area contributed by atoms with Gasteiger partial charge in [-0.05, 0) is 70.6 Å². The number of nitrogens with one attached hydrogen (secondary N) is 1. The summed E-state index contributed by atoms with van der Waals surface area (Å²) < 4.78 is 5.90. The maximum Gasteiger partial charge on any atom is 0.306 e. The number of esters is 1. The van der Waals surface area contributed by atoms with Crippen LogP contribution in [0.25, 0.3) is 0 Å². The highest BCUT2D eigenvalue weighted by Crippen LogP contribution is 2.17. The summed E-state index contributed by atoms with van der Waals surface area (Å²) in [7, 11) is 0. The van der Waals surface area contributed by atoms with Gasteiger partial charge in [-0.25, -0.2) is 0 Å². The summed E-state index contributed by atoms with van der Waals surface area (Å²) in [5, 5.41) is 23.6. The minimum absolute atomic E-state index is 0.0558. The van der Waals surface area contributed by atoms with Crippen LogP contribution in [0.15, 0.2) is 60.8 Å². The first kappa shape index (κ1) is 54.6. The molecule has 0 aromatic heterocycles. The lowest BCUT2D eigenvalue weighted by molar-refractivity contribution is -0.151. The molecule has 3 unspecified atom stereocenters. The van der Waals surface area contributed by atoms with E-state index in [1.165, 1.54) is 83.5 Å². The van der Waals surface area contributed by atoms with Crippen molar-refractivity contribution in [3.8, 4) is 0 Å². The van der Waals surface area contributed by atoms with E-state index in [9.17, 15) is 19.8 Å². The van der Waals surface area contributed by atoms with Crippen LogP contribution in [0, 0.1) is 0 Å². The SMILES string of the molecule is CC/C=C/C=C/C=C/C=C\CCCCCCCC(=O)OC(CCCCC/C=C/CCCCCCCCC)CC(=O)NC(CO)C(O)CCCCCCCCCCC. The van der Waals surface area contributed by atoms with Crippen LogP contribution in [-0.2, 0) is 14.3 Å². The summed E-state index contributed by atoms with van der Waals surface area (Å²) in [6.07, 6.45) is 54.2. The molecule has 0 fully saturated rings. The Morgan fingerprint density at radius 2 is 0.965 bits per heavy atom. The van der Waals surface area contributed by atoms with E-state index in [1.54, 1.807) is 0 Å². The molecule has 0 saturated carbocycles. The predicted molar refractivity (Wildman–Crippen MR) is 245 cm³/mol. The molecular weight excluding hydrogens is 707 g/mol. The van der Waals surface area contributed by atoms with E-state index < -0.39 is 18.2 Å². The molecular formula is C51H91NO5. The van der Waals surface area contributed by atoms with Gasteiger partial charge in [0.2, 0.25) is 5.91 Å². The van der Waals surface area contributed by atoms with Crippen molar-refractivity contribution in [1.82, 2.24) is 5.32 Å². The maximum absolute atomic E-state index is 13.1. The molecule has 0 aliphatic carbocycles. The molecule has 0 bridgehead atoms. The molecule has 0 aliphatic heterocycles. The van der Waals surface area contributed by atoms with Gasteiger partial charge < -0.3 is 20.3 Å². The maximum atomic E-state index is 13.1. The summed E-state index contributed by atoms with van der Waals surface area (Å²) in [5.41, 5.74) is 0. The van der Waals surface area contributed by atoms with Crippen molar-refractivity contribution in [3.63, 3.8) is 0 Å². The second-order valence-electron chi connectivity index (χ2n) is 16.2. The van der Waals surface area contributed by atoms with Crippen molar-refractivity contribution in [2.45, 2.75) is 244 Å². The van der Waals surface area contributed by atoms with Crippen LogP contribution in [0.5, 0.6) is 0 Å². The van der Waals surface area contributed by atoms with Crippen LogP contribution >= 0.6 is 0 Å². The van der Waals surface area contributed by atoms with Gasteiger partial charge in [-0.15, -0.1) is 0 Å². The quantitative estimate of drug-likeness (QED) is 0.0247. The molecule has 0 rings (SSSR count). The molecule has 6 nitrogen and oxygen atoms in total. The number of rotatable bonds is 42. The highest BCUT2D eigenvalue weighted by molar-refractivity contribution is 5.77. The monoisotopic (exact) mass is 798 g/mol. The van der Waals surface area contributed by atoms with Crippen molar-refractivity contribution in [2.24, 2.45) is 0 Å². The van der Waals surface area contributed by atoms with Gasteiger partial charge in [0.05, 0.1) is 25.2 Å². The van der Waals surface area contributed by atoms with Gasteiger partial charge in [-0.1, -0.05) is 204 Å². The third kappa shape index (κ3) is 40.1. The van der Waals surface area contributed by atoms with Crippen LogP contribution in [0.4, 0.5) is 0 Å². The van der Waals surface area contributed by atoms with Gasteiger partial charge in [0.25, 0.3) is 0 Å². The molecule has 0 aromatic carbocycles. The van der Waals surface area contributed by atoms with Gasteiger partial charge in [-0.2, -0.15) is 0 Å². The van der Waals surface area contributed by atoms with Crippen LogP contribution in [-0.4, -0.2) is 46.9 Å². The van der Waals surface area contributed by atoms with Gasteiger partial charge >= 0.3 is 5.97 Å². The van der Waals surface area contributed by atoms with E-state index >= 15 is 0 Å². The third-order valence-electron chi connectivity index (χ3n) is 10.7. The number of allylic oxidation sites excluding steroid dienone is 10. The van der Waals surface area contributed by atoms with Crippen LogP contribution < -0.4 is 5.32 Å². The van der Waals surface area contributed by atoms with Crippen molar-refractivity contribution < 1.29 is 24.5 Å². The normalized spacial score (nSPS) is 13.8. The Kier molecular flexibility index (Phi) is 42.7. The Hall–Kier alpha value is -2.44. The van der Waals surface area contributed by atoms with Crippen LogP contribution in [0.3, 0.4) is 0 Å². The molecule has 0 saturated heterocycles. The van der Waals surface area contributed by atoms with Crippen molar-refractivity contribution in [3.05, 3.63) is 60.8 Å². The van der Waals surface area contributed by atoms with Crippen LogP contribution in [0.1, 0.15) is 226 Å². The summed E-state index contributed by atoms with van der Waals surface area (Å²) in [5.74, 6) is -0.518. The standard InChI is InChI=1S/C51H91NO5/c1-4-7-10-13-16-19-21-23-25-27-29-32-35-38-41-44-51(56)57-47(42-39-36-33-31-28-26-24-22-20-17-14-11-8-5-2)45-50(55)52-48(46-53)49(54)43-40-37-34-30-18-15-12-9-6-3/h7,10,13,16,19,21,23,25-26,28,47-49,53-54H,4-6,8-9,11-12,14-15,17-18,20,22,24,27,29-46H2,1-3H3,(H,52,55)/b10-7+,16-13+,21-19+,25-23-,28-26+. The molecule has 3 atom stereocenters. The zero-order valence-electron chi connectivity index (χ0n) is 37.5. The zero-order chi connectivity index (χ0) is 41.7. The number of carbonyl (C=O) groups is 2. The molecule has 0 aliphatic rings. The summed E-state index contributed by atoms with van der Waals surface area (Å²) in [4.78, 5) is 26.0. The van der Waals surface area contributed by atoms with E-state index in [0.29, 0.717) is 19.3 Å². The topological polar surface area (TPSA) is 95.9 Å². The zero-order valence-corrected chi connectivity index (χ0v) is 37.5. The summed E-state index contributed by atoms with van der Waals surface area (Å²) in [6.45, 7) is 6.31. The van der Waals surface area contributed by atoms with E-state index in [2.05, 4.69) is 68.6 Å². The number of unbranched alkanes of at least 4 members (excludes halogenated alkanes) is 23. The average molecular weight is 798 g/mol. The molecule has 0 spiro atoms. The lowest BCUT2D eigenvalue weighted by Gasteiger charge is -2.24. The third-order valence-corrected chi connectivity index (χ3v) is 10.7. The van der Waals surface area contributed by atoms with E-state index in [1.807, 2.05) is 18.2 Å². The average Bonchev–Trinajstić information content (AvgIpc) is 3.20. The first-order valence-electron chi connectivity index (χ1n) is 24.1. The minimum Gasteiger partial charge on any atom is -0.462 e. The number of amides is 1. The Labute approximate surface area is 352 Å². The number of hydrogen-bond acceptors (Lipinski definition) is 5. The van der Waals surface area contributed by atoms with Crippen molar-refractivity contribution in [2.75, 3.05) is 6.61 Å². The van der Waals surface area contributed by atoms with Gasteiger partial charge in [0, 0.05) is 6.42 Å². The van der Waals surface area contributed by atoms with Crippen LogP contribution in [0.2, 0.25) is 0 Å². The van der Waals surface area contributed by atoms with Gasteiger partial charge in [0.15, 0.2) is 0 Å². The fourth-order valence-corrected chi connectivity index (χ4v) is 7.02. The van der Waals surface area contributed by atoms with E-state index in [4.69, 9.17) is 4.74 Å². The molecule has 57 heavy (non-hydrogen) atoms. The first-order chi connectivity index (χ1) is 28.0. The molecule has 330 valence electrons. The summed E-state index contributed by atoms with van der Waals surface area (Å²) >= 11 is 0. The van der Waals surface area contributed by atoms with Crippen molar-refractivity contribution >= 4 is 11.9 Å². The van der Waals surface area contributed by atoms with Gasteiger partial charge in [0.1, 0.15) is 6.10 Å². The van der Waals surface area contributed by atoms with E-state index in [-0.39, 0.29) is 24.9 Å². The first-order valence-corrected chi connectivity index (χ1v) is 24.1. The largest absolute Gasteiger partial charge is 0.462 e. The Morgan fingerprint density at radius 1 is 0.526 bits per heavy atom. The smallest absolute Gasteiger partial charge is 0.306 e. The van der Waals surface area contributed by atoms with Gasteiger partial charge in [-0.3, -0.25) is 9.59 Å². The predicted octanol–water partition coefficient (Wildman–Crippen LogP) is 14.1. The summed E-state index contributed by atoms with van der Waals surface area (Å²) in [6, 6.07) is -0.710. The highest BCUT2D eigenvalue weighted by atomic mass is 16.5. The molecule has 0 radical (unpaired) electrons. The second-order valence-corrected chi connectivity index (χ2v) is 16.2. The fourth-order valence-electron chi connectivity index (χ4n) is 7.02.